The Bertz CT molecular complexity index is 2260. The molecule has 1 aliphatic rings. The molecule has 14 nitrogen and oxygen atoms in total. The van der Waals surface area contributed by atoms with E-state index in [0.29, 0.717) is 32.3 Å². The molecule has 4 heterocycles. The van der Waals surface area contributed by atoms with Gasteiger partial charge in [-0.25, -0.2) is 9.97 Å². The van der Waals surface area contributed by atoms with Crippen LogP contribution in [0.4, 0.5) is 79.0 Å². The Kier molecular flexibility index (Phi) is 21.1. The third-order valence-electron chi connectivity index (χ3n) is 8.14. The monoisotopic (exact) mass is 1180 g/mol. The van der Waals surface area contributed by atoms with Crippen LogP contribution in [0.1, 0.15) is 33.5 Å². The maximum absolute atomic E-state index is 13.1. The van der Waals surface area contributed by atoms with Gasteiger partial charge in [-0.15, -0.1) is 4.74 Å². The second-order valence-electron chi connectivity index (χ2n) is 13.5. The Balaban J connectivity index is 0.000000981. The van der Waals surface area contributed by atoms with Gasteiger partial charge in [-0.2, -0.15) is 79.0 Å². The van der Waals surface area contributed by atoms with E-state index in [2.05, 4.69) is 19.9 Å². The van der Waals surface area contributed by atoms with Crippen molar-refractivity contribution in [3.05, 3.63) is 106 Å². The predicted octanol–water partition coefficient (Wildman–Crippen LogP) is 5.98. The van der Waals surface area contributed by atoms with Gasteiger partial charge in [0.15, 0.2) is 0 Å². The van der Waals surface area contributed by atoms with Crippen molar-refractivity contribution < 1.29 is 156 Å². The predicted molar refractivity (Wildman–Crippen MR) is 184 cm³/mol. The largest absolute Gasteiger partial charge is 0.869 e. The van der Waals surface area contributed by atoms with Gasteiger partial charge in [0.1, 0.15) is 4.76 Å². The first-order chi connectivity index (χ1) is 30.4. The van der Waals surface area contributed by atoms with Crippen LogP contribution in [-0.2, 0) is 14.4 Å². The summed E-state index contributed by atoms with van der Waals surface area (Å²) in [5, 5.41) is 42.5. The van der Waals surface area contributed by atoms with Crippen LogP contribution < -0.4 is 15.3 Å². The summed E-state index contributed by atoms with van der Waals surface area (Å²) in [6, 6.07) is 12.7. The van der Waals surface area contributed by atoms with Crippen molar-refractivity contribution in [2.24, 2.45) is 0 Å². The summed E-state index contributed by atoms with van der Waals surface area (Å²) in [4.78, 5) is 60.3. The number of carbonyl (C=O) groups is 3. The van der Waals surface area contributed by atoms with E-state index >= 15 is 0 Å². The standard InChI is InChI=1S/C21H21N6O2.3C5H2F6O2.Er/c1-20(2)21(3,4)27(29)19(26(20)28)18-24-16(14-9-5-7-11-22-14)13-17(25-18)15-10-6-8-12-23-15;3*6-4(7,8)2(12)1-3(13)5(9,10)11;/h5-13H,1-4H3;3*1,12H;/q+1;;;;/p-3/b;3*2-1-;. The first kappa shape index (κ1) is 63.1. The minimum absolute atomic E-state index is 0. The molecule has 0 N–H and O–H groups in total. The molecule has 4 rings (SSSR count). The summed E-state index contributed by atoms with van der Waals surface area (Å²) < 4.78 is 205. The van der Waals surface area contributed by atoms with Gasteiger partial charge in [0.05, 0.1) is 22.8 Å². The molecule has 69 heavy (non-hydrogen) atoms. The molecule has 0 amide bonds. The van der Waals surface area contributed by atoms with Gasteiger partial charge in [0.25, 0.3) is 22.9 Å². The van der Waals surface area contributed by atoms with E-state index in [0.717, 1.165) is 0 Å². The van der Waals surface area contributed by atoms with Crippen molar-refractivity contribution in [2.75, 3.05) is 0 Å². The summed E-state index contributed by atoms with van der Waals surface area (Å²) in [5.41, 5.74) is 0.320. The molecular weight excluding hydrogens is 1150 g/mol. The van der Waals surface area contributed by atoms with Gasteiger partial charge < -0.3 is 20.5 Å². The van der Waals surface area contributed by atoms with E-state index < -0.39 is 101 Å². The number of carbonyl (C=O) groups excluding carboxylic acids is 3. The quantitative estimate of drug-likeness (QED) is 0.0916. The fourth-order valence-corrected chi connectivity index (χ4v) is 3.98. The molecule has 0 atom stereocenters. The molecule has 0 bridgehead atoms. The van der Waals surface area contributed by atoms with E-state index in [1.54, 1.807) is 58.3 Å². The number of rotatable bonds is 6. The first-order valence-electron chi connectivity index (χ1n) is 17.1. The van der Waals surface area contributed by atoms with Crippen molar-refractivity contribution in [3.8, 4) is 22.8 Å². The summed E-state index contributed by atoms with van der Waals surface area (Å²) in [5.74, 6) is -17.0. The zero-order chi connectivity index (χ0) is 53.4. The van der Waals surface area contributed by atoms with Crippen LogP contribution in [0.25, 0.3) is 22.8 Å². The van der Waals surface area contributed by atoms with Crippen molar-refractivity contribution in [1.82, 2.24) is 19.9 Å². The number of allylic oxidation sites excluding steroid dienone is 6. The molecule has 0 aliphatic carbocycles. The van der Waals surface area contributed by atoms with E-state index in [9.17, 15) is 119 Å². The second-order valence-corrected chi connectivity index (χ2v) is 13.5. The van der Waals surface area contributed by atoms with Gasteiger partial charge in [-0.1, -0.05) is 12.1 Å². The van der Waals surface area contributed by atoms with E-state index in [1.807, 2.05) is 24.3 Å². The van der Waals surface area contributed by atoms with Crippen LogP contribution in [0.15, 0.2) is 90.4 Å². The van der Waals surface area contributed by atoms with Crippen LogP contribution in [0.5, 0.6) is 0 Å². The van der Waals surface area contributed by atoms with Crippen LogP contribution in [0.3, 0.4) is 0 Å². The zero-order valence-corrected chi connectivity index (χ0v) is 35.8. The van der Waals surface area contributed by atoms with Crippen molar-refractivity contribution >= 4 is 23.2 Å². The Labute approximate surface area is 402 Å². The van der Waals surface area contributed by atoms with Crippen LogP contribution in [0, 0.1) is 47.4 Å². The second kappa shape index (κ2) is 23.1. The van der Waals surface area contributed by atoms with Gasteiger partial charge in [-0.05, 0) is 65.8 Å². The number of aromatic nitrogens is 4. The molecule has 0 aromatic carbocycles. The third-order valence-corrected chi connectivity index (χ3v) is 8.14. The van der Waals surface area contributed by atoms with Crippen molar-refractivity contribution in [2.45, 2.75) is 75.8 Å². The van der Waals surface area contributed by atoms with E-state index in [1.165, 1.54) is 0 Å². The molecule has 0 radical (unpaired) electrons. The Morgan fingerprint density at radius 2 is 0.797 bits per heavy atom. The molecule has 33 heteroatoms. The summed E-state index contributed by atoms with van der Waals surface area (Å²) in [6.45, 7) is 6.95. The number of alkyl halides is 18. The number of nitrogens with zero attached hydrogens (tertiary/aromatic N) is 6. The molecule has 0 fully saturated rings. The molecule has 1 aliphatic heterocycles. The maximum Gasteiger partial charge on any atom is 0.543 e. The van der Waals surface area contributed by atoms with Crippen molar-refractivity contribution in [1.29, 1.82) is 0 Å². The average molecular weight is 1180 g/mol. The molecule has 0 spiro atoms. The summed E-state index contributed by atoms with van der Waals surface area (Å²) in [6.07, 6.45) is -32.5. The molecule has 3 aromatic heterocycles. The number of amidine groups is 1. The molecule has 386 valence electrons. The average Bonchev–Trinajstić information content (AvgIpc) is 3.31. The number of ketones is 3. The number of halogens is 18. The summed E-state index contributed by atoms with van der Waals surface area (Å²) in [7, 11) is 0. The Morgan fingerprint density at radius 1 is 0.507 bits per heavy atom. The van der Waals surface area contributed by atoms with Crippen molar-refractivity contribution in [3.63, 3.8) is 0 Å². The summed E-state index contributed by atoms with van der Waals surface area (Å²) >= 11 is 0. The van der Waals surface area contributed by atoms with E-state index in [-0.39, 0.29) is 49.0 Å². The number of hydroxylamine groups is 1. The molecule has 0 saturated heterocycles. The van der Waals surface area contributed by atoms with E-state index in [4.69, 9.17) is 0 Å². The number of nitroso groups, excluding NO2 is 1. The van der Waals surface area contributed by atoms with Gasteiger partial charge in [-0.3, -0.25) is 24.4 Å². The Morgan fingerprint density at radius 3 is 1.00 bits per heavy atom. The first-order valence-corrected chi connectivity index (χ1v) is 17.1. The Hall–Kier alpha value is -5.93. The van der Waals surface area contributed by atoms with Crippen LogP contribution in [0.2, 0.25) is 0 Å². The fraction of sp³-hybridized carbons (Fsp3) is 0.333. The SMILES string of the molecule is CC1(C)[N+](=O)C(c2nc(-c3ccccn3)cc(-c3ccccn3)n2)=[N+]([O-])C1(C)C.O=C(/C=C(\[O-])C(F)(F)F)C(F)(F)F.O=C(/C=C(\[O-])C(F)(F)F)C(F)(F)F.O=C(/C=C(\[O-])C(F)(F)F)C(F)(F)F.[Er]. The zero-order valence-electron chi connectivity index (χ0n) is 34.0. The van der Waals surface area contributed by atoms with Crippen LogP contribution in [-0.4, -0.2) is 101 Å². The molecule has 0 saturated carbocycles. The van der Waals surface area contributed by atoms with Gasteiger partial charge >= 0.3 is 48.7 Å². The number of hydrogen-bond donors (Lipinski definition) is 0. The smallest absolute Gasteiger partial charge is 0.543 e. The minimum Gasteiger partial charge on any atom is -0.869 e. The minimum atomic E-state index is -5.46. The maximum atomic E-state index is 13.1. The number of pyridine rings is 2. The molecular formula is C36H24ErF18N6O8-2. The van der Waals surface area contributed by atoms with Gasteiger partial charge in [0, 0.05) is 82.3 Å². The van der Waals surface area contributed by atoms with Crippen LogP contribution >= 0.6 is 0 Å². The fourth-order valence-electron chi connectivity index (χ4n) is 3.98. The normalized spacial score (nSPS) is 15.6. The number of hydrogen-bond acceptors (Lipinski definition) is 12. The topological polar surface area (TPSA) is 218 Å². The molecule has 0 unspecified atom stereocenters. The third kappa shape index (κ3) is 18.2. The van der Waals surface area contributed by atoms with Gasteiger partial charge in [0.2, 0.25) is 5.54 Å². The molecule has 3 aromatic rings.